The third kappa shape index (κ3) is 76.0. The minimum atomic E-state index is -0.364. The number of carbonyl (C=O) groups is 3. The number of rotatable bonds is 33. The van der Waals surface area contributed by atoms with E-state index < -0.39 is 0 Å². The molecule has 61 heavy (non-hydrogen) atoms. The van der Waals surface area contributed by atoms with Crippen molar-refractivity contribution in [2.75, 3.05) is 53.4 Å². The molecule has 10 heteroatoms. The summed E-state index contributed by atoms with van der Waals surface area (Å²) in [6.07, 6.45) is 27.1. The molecule has 0 saturated heterocycles. The van der Waals surface area contributed by atoms with Gasteiger partial charge < -0.3 is 33.5 Å². The van der Waals surface area contributed by atoms with Crippen molar-refractivity contribution in [3.05, 3.63) is 0 Å². The van der Waals surface area contributed by atoms with Crippen molar-refractivity contribution in [2.45, 2.75) is 244 Å². The van der Waals surface area contributed by atoms with E-state index in [2.05, 4.69) is 46.3 Å². The van der Waals surface area contributed by atoms with Crippen LogP contribution in [0, 0.1) is 17.3 Å². The van der Waals surface area contributed by atoms with Crippen molar-refractivity contribution in [2.24, 2.45) is 17.3 Å². The van der Waals surface area contributed by atoms with Gasteiger partial charge >= 0.3 is 17.9 Å². The minimum absolute atomic E-state index is 0.0858. The molecule has 0 spiro atoms. The van der Waals surface area contributed by atoms with Gasteiger partial charge in [0.2, 0.25) is 0 Å². The Kier molecular flexibility index (Phi) is 60.9. The van der Waals surface area contributed by atoms with E-state index in [0.29, 0.717) is 46.1 Å². The molecular formula is C51H106O10. The summed E-state index contributed by atoms with van der Waals surface area (Å²) in [5, 5.41) is 8.73. The highest BCUT2D eigenvalue weighted by atomic mass is 16.6. The standard InChI is InChI=1S/C16H34.C15H30O2.C7H14O3.C7H16O2.C6H12O3/c1-4-5-6-7-8-9-10-11-12-13-14-15-16(2)3;1-13(2)11-9-7-6-8-10-12-17-14(16)15(3,4)5;1-3-9-6-5-7(8)10-4-2;1-3-4-5-9-6-7(2)8;1-5(4-8-3)9-6(2)7/h16H,4-15H2,1-3H3;13H,6-12H2,1-5H3;3-6H2,1-2H3;7-8H,3-6H2,1-2H3;5H,4H2,1-3H3. The average molecular weight is 879 g/mol. The molecule has 0 aromatic carbocycles. The largest absolute Gasteiger partial charge is 0.466 e. The summed E-state index contributed by atoms with van der Waals surface area (Å²) in [6, 6.07) is 0. The van der Waals surface area contributed by atoms with Crippen LogP contribution in [-0.4, -0.2) is 88.6 Å². The molecule has 0 amide bonds. The number of unbranched alkanes of at least 4 members (excludes halogenated alkanes) is 15. The topological polar surface area (TPSA) is 127 Å². The van der Waals surface area contributed by atoms with E-state index in [1.807, 2.05) is 27.7 Å². The van der Waals surface area contributed by atoms with Gasteiger partial charge in [-0.15, -0.1) is 0 Å². The Morgan fingerprint density at radius 1 is 0.541 bits per heavy atom. The minimum Gasteiger partial charge on any atom is -0.466 e. The highest BCUT2D eigenvalue weighted by molar-refractivity contribution is 5.75. The molecular weight excluding hydrogens is 773 g/mol. The Morgan fingerprint density at radius 2 is 1.00 bits per heavy atom. The fourth-order valence-corrected chi connectivity index (χ4v) is 5.37. The summed E-state index contributed by atoms with van der Waals surface area (Å²) < 4.78 is 29.4. The van der Waals surface area contributed by atoms with E-state index in [-0.39, 0.29) is 35.5 Å². The molecule has 0 fully saturated rings. The van der Waals surface area contributed by atoms with Crippen LogP contribution in [0.15, 0.2) is 0 Å². The second-order valence-corrected chi connectivity index (χ2v) is 18.0. The van der Waals surface area contributed by atoms with Gasteiger partial charge in [0, 0.05) is 27.2 Å². The molecule has 0 bridgehead atoms. The van der Waals surface area contributed by atoms with Gasteiger partial charge in [0.05, 0.1) is 51.0 Å². The Hall–Kier alpha value is -1.75. The van der Waals surface area contributed by atoms with Crippen molar-refractivity contribution < 1.29 is 47.9 Å². The monoisotopic (exact) mass is 879 g/mol. The maximum absolute atomic E-state index is 11.5. The molecule has 10 nitrogen and oxygen atoms in total. The molecule has 0 saturated carbocycles. The van der Waals surface area contributed by atoms with E-state index >= 15 is 0 Å². The molecule has 370 valence electrons. The number of ether oxygens (including phenoxy) is 6. The zero-order valence-corrected chi connectivity index (χ0v) is 43.2. The highest BCUT2D eigenvalue weighted by Gasteiger charge is 2.22. The normalized spacial score (nSPS) is 11.7. The fraction of sp³-hybridized carbons (Fsp3) is 0.941. The van der Waals surface area contributed by atoms with Crippen molar-refractivity contribution >= 4 is 17.9 Å². The van der Waals surface area contributed by atoms with Gasteiger partial charge in [0.1, 0.15) is 6.10 Å². The van der Waals surface area contributed by atoms with Crippen LogP contribution < -0.4 is 0 Å². The lowest BCUT2D eigenvalue weighted by molar-refractivity contribution is -0.153. The van der Waals surface area contributed by atoms with Gasteiger partial charge in [-0.3, -0.25) is 14.4 Å². The zero-order chi connectivity index (χ0) is 47.6. The number of methoxy groups -OCH3 is 1. The fourth-order valence-electron chi connectivity index (χ4n) is 5.37. The van der Waals surface area contributed by atoms with Crippen LogP contribution in [0.2, 0.25) is 0 Å². The van der Waals surface area contributed by atoms with Crippen molar-refractivity contribution in [3.63, 3.8) is 0 Å². The number of aliphatic hydroxyl groups excluding tert-OH is 1. The number of aliphatic hydroxyl groups is 1. The lowest BCUT2D eigenvalue weighted by Crippen LogP contribution is -2.23. The van der Waals surface area contributed by atoms with Gasteiger partial charge in [0.15, 0.2) is 0 Å². The lowest BCUT2D eigenvalue weighted by atomic mass is 9.97. The lowest BCUT2D eigenvalue weighted by Gasteiger charge is -2.16. The van der Waals surface area contributed by atoms with Crippen LogP contribution in [0.1, 0.15) is 232 Å². The first-order chi connectivity index (χ1) is 28.8. The summed E-state index contributed by atoms with van der Waals surface area (Å²) in [7, 11) is 1.57. The maximum Gasteiger partial charge on any atom is 0.311 e. The van der Waals surface area contributed by atoms with Crippen LogP contribution in [0.4, 0.5) is 0 Å². The highest BCUT2D eigenvalue weighted by Crippen LogP contribution is 2.16. The third-order valence-corrected chi connectivity index (χ3v) is 8.89. The van der Waals surface area contributed by atoms with Crippen molar-refractivity contribution in [1.82, 2.24) is 0 Å². The number of esters is 3. The molecule has 2 atom stereocenters. The van der Waals surface area contributed by atoms with Crippen molar-refractivity contribution in [1.29, 1.82) is 0 Å². The van der Waals surface area contributed by atoms with E-state index in [1.165, 1.54) is 116 Å². The summed E-state index contributed by atoms with van der Waals surface area (Å²) in [4.78, 5) is 32.3. The molecule has 0 aliphatic heterocycles. The molecule has 0 rings (SSSR count). The summed E-state index contributed by atoms with van der Waals surface area (Å²) in [5.74, 6) is 1.19. The molecule has 0 radical (unpaired) electrons. The Bertz CT molecular complexity index is 870. The smallest absolute Gasteiger partial charge is 0.311 e. The van der Waals surface area contributed by atoms with Crippen LogP contribution in [-0.2, 0) is 42.8 Å². The van der Waals surface area contributed by atoms with Gasteiger partial charge in [0.25, 0.3) is 0 Å². The summed E-state index contributed by atoms with van der Waals surface area (Å²) >= 11 is 0. The Balaban J connectivity index is -0.000000220. The molecule has 0 aliphatic rings. The second kappa shape index (κ2) is 54.4. The maximum atomic E-state index is 11.5. The molecule has 0 aromatic heterocycles. The third-order valence-electron chi connectivity index (χ3n) is 8.89. The van der Waals surface area contributed by atoms with Gasteiger partial charge in [-0.1, -0.05) is 157 Å². The zero-order valence-electron chi connectivity index (χ0n) is 43.2. The first kappa shape index (κ1) is 68.3. The number of hydrogen-bond donors (Lipinski definition) is 1. The van der Waals surface area contributed by atoms with Gasteiger partial charge in [-0.2, -0.15) is 0 Å². The first-order valence-corrected chi connectivity index (χ1v) is 24.7. The van der Waals surface area contributed by atoms with E-state index in [4.69, 9.17) is 28.8 Å². The molecule has 0 heterocycles. The van der Waals surface area contributed by atoms with E-state index in [1.54, 1.807) is 27.9 Å². The van der Waals surface area contributed by atoms with E-state index in [0.717, 1.165) is 37.7 Å². The van der Waals surface area contributed by atoms with Crippen LogP contribution in [0.5, 0.6) is 0 Å². The average Bonchev–Trinajstić information content (AvgIpc) is 3.17. The summed E-state index contributed by atoms with van der Waals surface area (Å²) in [5.41, 5.74) is -0.364. The van der Waals surface area contributed by atoms with Crippen LogP contribution in [0.25, 0.3) is 0 Å². The van der Waals surface area contributed by atoms with E-state index in [9.17, 15) is 14.4 Å². The SMILES string of the molecule is CC(C)CCCCCCCOC(=O)C(C)(C)C.CCCCCCCCCCCCCC(C)C.CCCCOCC(C)O.CCOCCC(=O)OCC.COCC(C)OC(C)=O. The predicted molar refractivity (Wildman–Crippen MR) is 257 cm³/mol. The molecule has 1 N–H and O–H groups in total. The molecule has 0 aromatic rings. The molecule has 0 aliphatic carbocycles. The molecule has 2 unspecified atom stereocenters. The first-order valence-electron chi connectivity index (χ1n) is 24.7. The van der Waals surface area contributed by atoms with Crippen LogP contribution >= 0.6 is 0 Å². The van der Waals surface area contributed by atoms with Gasteiger partial charge in [-0.25, -0.2) is 0 Å². The quantitative estimate of drug-likeness (QED) is 0.0387. The Morgan fingerprint density at radius 3 is 1.38 bits per heavy atom. The summed E-state index contributed by atoms with van der Waals surface area (Å²) in [6.45, 7) is 31.7. The Labute approximate surface area is 379 Å². The van der Waals surface area contributed by atoms with Gasteiger partial charge in [-0.05, 0) is 73.1 Å². The second-order valence-electron chi connectivity index (χ2n) is 18.0. The number of carbonyl (C=O) groups excluding carboxylic acids is 3. The number of hydrogen-bond acceptors (Lipinski definition) is 10. The predicted octanol–water partition coefficient (Wildman–Crippen LogP) is 13.7. The van der Waals surface area contributed by atoms with Crippen LogP contribution in [0.3, 0.4) is 0 Å². The van der Waals surface area contributed by atoms with Crippen molar-refractivity contribution in [3.8, 4) is 0 Å².